The maximum Gasteiger partial charge on any atom is 0.121 e. The van der Waals surface area contributed by atoms with E-state index in [2.05, 4.69) is 13.8 Å². The number of phenolic OH excluding ortho intramolecular Hbond substituents is 1. The minimum absolute atomic E-state index is 0.363. The molecule has 14 heavy (non-hydrogen) atoms. The molecule has 0 spiro atoms. The maximum absolute atomic E-state index is 9.55. The number of rotatable bonds is 3. The van der Waals surface area contributed by atoms with Crippen molar-refractivity contribution in [3.05, 3.63) is 23.3 Å². The zero-order valence-corrected chi connectivity index (χ0v) is 9.29. The summed E-state index contributed by atoms with van der Waals surface area (Å²) in [6, 6.07) is 3.73. The number of benzene rings is 1. The molecule has 78 valence electrons. The molecule has 1 rings (SSSR count). The molecule has 0 bridgehead atoms. The van der Waals surface area contributed by atoms with Gasteiger partial charge in [-0.15, -0.1) is 0 Å². The van der Waals surface area contributed by atoms with E-state index in [1.54, 1.807) is 0 Å². The first-order valence-electron chi connectivity index (χ1n) is 4.93. The molecule has 0 saturated heterocycles. The third kappa shape index (κ3) is 2.66. The first kappa shape index (κ1) is 10.9. The summed E-state index contributed by atoms with van der Waals surface area (Å²) in [4.78, 5) is 0. The SMILES string of the molecule is Cc1cc(OCC(C)C)cc(C)c1O. The van der Waals surface area contributed by atoms with E-state index in [9.17, 15) is 5.11 Å². The Kier molecular flexibility index (Phi) is 3.39. The summed E-state index contributed by atoms with van der Waals surface area (Å²) < 4.78 is 5.57. The molecular formula is C12H18O2. The Hall–Kier alpha value is -1.18. The molecule has 2 heteroatoms. The minimum atomic E-state index is 0.363. The number of hydrogen-bond donors (Lipinski definition) is 1. The Balaban J connectivity index is 2.79. The van der Waals surface area contributed by atoms with Crippen molar-refractivity contribution in [1.82, 2.24) is 0 Å². The molecule has 0 heterocycles. The third-order valence-corrected chi connectivity index (χ3v) is 2.05. The van der Waals surface area contributed by atoms with Crippen molar-refractivity contribution in [1.29, 1.82) is 0 Å². The Morgan fingerprint density at radius 2 is 1.71 bits per heavy atom. The predicted octanol–water partition coefficient (Wildman–Crippen LogP) is 3.04. The molecule has 0 fully saturated rings. The van der Waals surface area contributed by atoms with Gasteiger partial charge in [-0.1, -0.05) is 13.8 Å². The van der Waals surface area contributed by atoms with Gasteiger partial charge in [0, 0.05) is 0 Å². The van der Waals surface area contributed by atoms with Crippen molar-refractivity contribution in [3.8, 4) is 11.5 Å². The van der Waals surface area contributed by atoms with E-state index >= 15 is 0 Å². The van der Waals surface area contributed by atoms with Gasteiger partial charge in [0.25, 0.3) is 0 Å². The van der Waals surface area contributed by atoms with E-state index in [4.69, 9.17) is 4.74 Å². The molecule has 1 N–H and O–H groups in total. The lowest BCUT2D eigenvalue weighted by Gasteiger charge is -2.11. The molecule has 0 aliphatic carbocycles. The van der Waals surface area contributed by atoms with Gasteiger partial charge in [-0.25, -0.2) is 0 Å². The minimum Gasteiger partial charge on any atom is -0.507 e. The molecule has 1 aromatic rings. The average Bonchev–Trinajstić information content (AvgIpc) is 2.10. The van der Waals surface area contributed by atoms with Gasteiger partial charge < -0.3 is 9.84 Å². The van der Waals surface area contributed by atoms with Crippen LogP contribution >= 0.6 is 0 Å². The first-order valence-corrected chi connectivity index (χ1v) is 4.93. The van der Waals surface area contributed by atoms with Crippen LogP contribution in [0.1, 0.15) is 25.0 Å². The number of ether oxygens (including phenoxy) is 1. The summed E-state index contributed by atoms with van der Waals surface area (Å²) in [6.07, 6.45) is 0. The van der Waals surface area contributed by atoms with Crippen LogP contribution in [0.15, 0.2) is 12.1 Å². The van der Waals surface area contributed by atoms with Crippen molar-refractivity contribution >= 4 is 0 Å². The summed E-state index contributed by atoms with van der Waals surface area (Å²) in [7, 11) is 0. The van der Waals surface area contributed by atoms with Crippen LogP contribution in [0.5, 0.6) is 11.5 Å². The number of aryl methyl sites for hydroxylation is 2. The fourth-order valence-electron chi connectivity index (χ4n) is 1.26. The normalized spacial score (nSPS) is 10.6. The average molecular weight is 194 g/mol. The van der Waals surface area contributed by atoms with Gasteiger partial charge in [0.1, 0.15) is 11.5 Å². The lowest BCUT2D eigenvalue weighted by Crippen LogP contribution is -2.04. The zero-order chi connectivity index (χ0) is 10.7. The Bertz CT molecular complexity index is 293. The van der Waals surface area contributed by atoms with Crippen LogP contribution in [-0.2, 0) is 0 Å². The highest BCUT2D eigenvalue weighted by Crippen LogP contribution is 2.27. The summed E-state index contributed by atoms with van der Waals surface area (Å²) in [5.41, 5.74) is 1.73. The molecule has 0 amide bonds. The van der Waals surface area contributed by atoms with Gasteiger partial charge in [-0.2, -0.15) is 0 Å². The molecular weight excluding hydrogens is 176 g/mol. The molecule has 0 aliphatic rings. The number of phenols is 1. The zero-order valence-electron chi connectivity index (χ0n) is 9.29. The molecule has 0 aromatic heterocycles. The highest BCUT2D eigenvalue weighted by molar-refractivity contribution is 5.44. The van der Waals surface area contributed by atoms with E-state index < -0.39 is 0 Å². The van der Waals surface area contributed by atoms with Crippen molar-refractivity contribution in [2.24, 2.45) is 5.92 Å². The van der Waals surface area contributed by atoms with Crippen LogP contribution in [0.3, 0.4) is 0 Å². The van der Waals surface area contributed by atoms with Crippen LogP contribution in [-0.4, -0.2) is 11.7 Å². The third-order valence-electron chi connectivity index (χ3n) is 2.05. The topological polar surface area (TPSA) is 29.5 Å². The van der Waals surface area contributed by atoms with Crippen LogP contribution in [0.4, 0.5) is 0 Å². The van der Waals surface area contributed by atoms with Crippen LogP contribution in [0, 0.1) is 19.8 Å². The van der Waals surface area contributed by atoms with Crippen molar-refractivity contribution in [3.63, 3.8) is 0 Å². The highest BCUT2D eigenvalue weighted by Gasteiger charge is 2.04. The van der Waals surface area contributed by atoms with Gasteiger partial charge >= 0.3 is 0 Å². The van der Waals surface area contributed by atoms with E-state index in [1.165, 1.54) is 0 Å². The van der Waals surface area contributed by atoms with E-state index in [1.807, 2.05) is 26.0 Å². The Morgan fingerprint density at radius 3 is 2.14 bits per heavy atom. The van der Waals surface area contributed by atoms with Gasteiger partial charge in [-0.05, 0) is 43.0 Å². The summed E-state index contributed by atoms with van der Waals surface area (Å²) in [6.45, 7) is 8.69. The number of hydrogen-bond acceptors (Lipinski definition) is 2. The van der Waals surface area contributed by atoms with Crippen LogP contribution < -0.4 is 4.74 Å². The fourth-order valence-corrected chi connectivity index (χ4v) is 1.26. The Labute approximate surface area is 85.5 Å². The number of aromatic hydroxyl groups is 1. The lowest BCUT2D eigenvalue weighted by molar-refractivity contribution is 0.270. The molecule has 0 radical (unpaired) electrons. The van der Waals surface area contributed by atoms with Crippen molar-refractivity contribution < 1.29 is 9.84 Å². The molecule has 2 nitrogen and oxygen atoms in total. The standard InChI is InChI=1S/C12H18O2/c1-8(2)7-14-11-5-9(3)12(13)10(4)6-11/h5-6,8,13H,7H2,1-4H3. The predicted molar refractivity (Wildman–Crippen MR) is 57.9 cm³/mol. The summed E-state index contributed by atoms with van der Waals surface area (Å²) >= 11 is 0. The fraction of sp³-hybridized carbons (Fsp3) is 0.500. The van der Waals surface area contributed by atoms with Crippen LogP contribution in [0.2, 0.25) is 0 Å². The van der Waals surface area contributed by atoms with Gasteiger partial charge in [-0.3, -0.25) is 0 Å². The maximum atomic E-state index is 9.55. The molecule has 0 unspecified atom stereocenters. The Morgan fingerprint density at radius 1 is 1.21 bits per heavy atom. The van der Waals surface area contributed by atoms with Crippen LogP contribution in [0.25, 0.3) is 0 Å². The molecule has 1 aromatic carbocycles. The first-order chi connectivity index (χ1) is 6.50. The molecule has 0 atom stereocenters. The van der Waals surface area contributed by atoms with Gasteiger partial charge in [0.15, 0.2) is 0 Å². The van der Waals surface area contributed by atoms with E-state index in [-0.39, 0.29) is 0 Å². The summed E-state index contributed by atoms with van der Waals surface area (Å²) in [5, 5.41) is 9.55. The second kappa shape index (κ2) is 4.36. The highest BCUT2D eigenvalue weighted by atomic mass is 16.5. The lowest BCUT2D eigenvalue weighted by atomic mass is 10.1. The van der Waals surface area contributed by atoms with Gasteiger partial charge in [0.2, 0.25) is 0 Å². The second-order valence-electron chi connectivity index (χ2n) is 4.11. The second-order valence-corrected chi connectivity index (χ2v) is 4.11. The quantitative estimate of drug-likeness (QED) is 0.801. The van der Waals surface area contributed by atoms with Crippen molar-refractivity contribution in [2.75, 3.05) is 6.61 Å². The van der Waals surface area contributed by atoms with E-state index in [0.29, 0.717) is 18.3 Å². The van der Waals surface area contributed by atoms with Crippen molar-refractivity contribution in [2.45, 2.75) is 27.7 Å². The molecule has 0 aliphatic heterocycles. The summed E-state index contributed by atoms with van der Waals surface area (Å²) in [5.74, 6) is 1.72. The molecule has 0 saturated carbocycles. The van der Waals surface area contributed by atoms with E-state index in [0.717, 1.165) is 16.9 Å². The monoisotopic (exact) mass is 194 g/mol. The smallest absolute Gasteiger partial charge is 0.121 e. The van der Waals surface area contributed by atoms with Gasteiger partial charge in [0.05, 0.1) is 6.61 Å². The largest absolute Gasteiger partial charge is 0.507 e.